The molecule has 0 aromatic rings. The maximum atomic E-state index is 12.1. The number of epoxide rings is 1. The molecule has 4 unspecified atom stereocenters. The van der Waals surface area contributed by atoms with E-state index in [0.29, 0.717) is 12.0 Å². The molecule has 1 amide bonds. The normalized spacial score (nSPS) is 38.5. The van der Waals surface area contributed by atoms with Crippen LogP contribution in [0.5, 0.6) is 0 Å². The fraction of sp³-hybridized carbons (Fsp3) is 0.900. The van der Waals surface area contributed by atoms with Crippen molar-refractivity contribution in [2.75, 3.05) is 0 Å². The molecular formula is C10H16INO2. The highest BCUT2D eigenvalue weighted by atomic mass is 127. The maximum absolute atomic E-state index is 12.1. The minimum atomic E-state index is 0.0874. The zero-order valence-electron chi connectivity index (χ0n) is 8.74. The van der Waals surface area contributed by atoms with Crippen LogP contribution in [0.4, 0.5) is 0 Å². The highest BCUT2D eigenvalue weighted by molar-refractivity contribution is 14.1. The Balaban J connectivity index is 2.15. The number of ether oxygens (including phenoxy) is 1. The number of halogens is 1. The fourth-order valence-corrected chi connectivity index (χ4v) is 2.74. The van der Waals surface area contributed by atoms with Crippen molar-refractivity contribution in [3.63, 3.8) is 0 Å². The molecule has 0 N–H and O–H groups in total. The number of piperidine rings is 1. The van der Waals surface area contributed by atoms with Crippen molar-refractivity contribution < 1.29 is 9.53 Å². The summed E-state index contributed by atoms with van der Waals surface area (Å²) in [7, 11) is 0. The van der Waals surface area contributed by atoms with Crippen LogP contribution in [0.1, 0.15) is 27.2 Å². The van der Waals surface area contributed by atoms with E-state index in [4.69, 9.17) is 4.74 Å². The molecule has 2 saturated heterocycles. The summed E-state index contributed by atoms with van der Waals surface area (Å²) >= 11 is 2.28. The van der Waals surface area contributed by atoms with E-state index in [9.17, 15) is 4.79 Å². The number of amides is 1. The first-order valence-corrected chi connectivity index (χ1v) is 6.38. The van der Waals surface area contributed by atoms with Crippen molar-refractivity contribution in [3.05, 3.63) is 0 Å². The van der Waals surface area contributed by atoms with Crippen LogP contribution in [0.2, 0.25) is 0 Å². The van der Waals surface area contributed by atoms with Gasteiger partial charge in [0.05, 0.1) is 4.05 Å². The molecule has 2 aliphatic rings. The number of hydrogen-bond acceptors (Lipinski definition) is 2. The lowest BCUT2D eigenvalue weighted by atomic mass is 9.87. The lowest BCUT2D eigenvalue weighted by Crippen LogP contribution is -2.47. The highest BCUT2D eigenvalue weighted by Crippen LogP contribution is 2.42. The predicted molar refractivity (Wildman–Crippen MR) is 61.9 cm³/mol. The molecule has 0 spiro atoms. The van der Waals surface area contributed by atoms with Gasteiger partial charge in [0, 0.05) is 5.92 Å². The van der Waals surface area contributed by atoms with E-state index in [1.54, 1.807) is 0 Å². The Morgan fingerprint density at radius 2 is 2.14 bits per heavy atom. The van der Waals surface area contributed by atoms with E-state index in [1.165, 1.54) is 0 Å². The molecule has 80 valence electrons. The van der Waals surface area contributed by atoms with E-state index >= 15 is 0 Å². The Hall–Kier alpha value is 0.160. The standard InChI is InChI=1S/C10H16INO2/c1-5(2)7-4-8-10(14-8)12(6(3)11)9(7)13/h5-8,10H,4H2,1-3H3. The number of alkyl halides is 1. The molecule has 4 atom stereocenters. The predicted octanol–water partition coefficient (Wildman–Crippen LogP) is 2.00. The smallest absolute Gasteiger partial charge is 0.229 e. The summed E-state index contributed by atoms with van der Waals surface area (Å²) in [6, 6.07) is 0. The quantitative estimate of drug-likeness (QED) is 0.338. The van der Waals surface area contributed by atoms with Gasteiger partial charge in [0.2, 0.25) is 5.91 Å². The van der Waals surface area contributed by atoms with Crippen LogP contribution in [-0.4, -0.2) is 27.2 Å². The molecule has 0 bridgehead atoms. The lowest BCUT2D eigenvalue weighted by molar-refractivity contribution is -0.140. The summed E-state index contributed by atoms with van der Waals surface area (Å²) in [4.78, 5) is 14.0. The van der Waals surface area contributed by atoms with Crippen molar-refractivity contribution in [3.8, 4) is 0 Å². The molecule has 0 radical (unpaired) electrons. The number of fused-ring (bicyclic) bond motifs is 1. The second-order valence-corrected chi connectivity index (χ2v) is 6.27. The van der Waals surface area contributed by atoms with E-state index < -0.39 is 0 Å². The van der Waals surface area contributed by atoms with Gasteiger partial charge in [-0.2, -0.15) is 0 Å². The van der Waals surface area contributed by atoms with Crippen LogP contribution in [0.25, 0.3) is 0 Å². The van der Waals surface area contributed by atoms with Crippen LogP contribution in [0, 0.1) is 11.8 Å². The summed E-state index contributed by atoms with van der Waals surface area (Å²) in [6.45, 7) is 6.27. The number of hydrogen-bond donors (Lipinski definition) is 0. The first-order chi connectivity index (χ1) is 6.52. The third-order valence-corrected chi connectivity index (χ3v) is 3.68. The van der Waals surface area contributed by atoms with Crippen molar-refractivity contribution in [2.45, 2.75) is 43.6 Å². The molecule has 0 saturated carbocycles. The van der Waals surface area contributed by atoms with Crippen LogP contribution < -0.4 is 0 Å². The monoisotopic (exact) mass is 309 g/mol. The minimum Gasteiger partial charge on any atom is -0.348 e. The summed E-state index contributed by atoms with van der Waals surface area (Å²) in [5.41, 5.74) is 0. The summed E-state index contributed by atoms with van der Waals surface area (Å²) in [5, 5.41) is 0. The van der Waals surface area contributed by atoms with Gasteiger partial charge in [0.25, 0.3) is 0 Å². The SMILES string of the molecule is CC(C)C1CC2OC2N(C(C)I)C1=O. The number of nitrogens with zero attached hydrogens (tertiary/aromatic N) is 1. The molecule has 2 aliphatic heterocycles. The molecule has 3 nitrogen and oxygen atoms in total. The highest BCUT2D eigenvalue weighted by Gasteiger charge is 2.54. The molecule has 0 aromatic carbocycles. The number of carbonyl (C=O) groups excluding carboxylic acids is 1. The minimum absolute atomic E-state index is 0.0874. The topological polar surface area (TPSA) is 32.8 Å². The lowest BCUT2D eigenvalue weighted by Gasteiger charge is -2.33. The third-order valence-electron chi connectivity index (χ3n) is 3.08. The van der Waals surface area contributed by atoms with E-state index in [1.807, 2.05) is 11.8 Å². The van der Waals surface area contributed by atoms with E-state index in [0.717, 1.165) is 6.42 Å². The molecule has 2 heterocycles. The zero-order chi connectivity index (χ0) is 10.5. The second-order valence-electron chi connectivity index (χ2n) is 4.47. The average Bonchev–Trinajstić information content (AvgIpc) is 2.79. The summed E-state index contributed by atoms with van der Waals surface area (Å²) < 4.78 is 5.74. The molecule has 4 heteroatoms. The Labute approximate surface area is 98.3 Å². The Morgan fingerprint density at radius 1 is 1.50 bits per heavy atom. The molecule has 2 fully saturated rings. The van der Waals surface area contributed by atoms with Crippen LogP contribution in [0.15, 0.2) is 0 Å². The largest absolute Gasteiger partial charge is 0.348 e. The summed E-state index contributed by atoms with van der Waals surface area (Å²) in [6.07, 6.45) is 1.32. The Bertz CT molecular complexity index is 255. The Kier molecular flexibility index (Phi) is 2.76. The van der Waals surface area contributed by atoms with Gasteiger partial charge in [-0.15, -0.1) is 0 Å². The van der Waals surface area contributed by atoms with Gasteiger partial charge in [-0.3, -0.25) is 4.79 Å². The van der Waals surface area contributed by atoms with Crippen molar-refractivity contribution in [2.24, 2.45) is 11.8 Å². The van der Waals surface area contributed by atoms with Crippen molar-refractivity contribution in [1.29, 1.82) is 0 Å². The Morgan fingerprint density at radius 3 is 2.64 bits per heavy atom. The van der Waals surface area contributed by atoms with Gasteiger partial charge in [-0.1, -0.05) is 36.4 Å². The fourth-order valence-electron chi connectivity index (χ4n) is 2.15. The maximum Gasteiger partial charge on any atom is 0.229 e. The van der Waals surface area contributed by atoms with Gasteiger partial charge in [0.15, 0.2) is 6.23 Å². The summed E-state index contributed by atoms with van der Waals surface area (Å²) in [5.74, 6) is 0.863. The molecular weight excluding hydrogens is 293 g/mol. The first kappa shape index (κ1) is 10.7. The van der Waals surface area contributed by atoms with Gasteiger partial charge in [-0.05, 0) is 19.3 Å². The van der Waals surface area contributed by atoms with Gasteiger partial charge in [-0.25, -0.2) is 0 Å². The average molecular weight is 309 g/mol. The van der Waals surface area contributed by atoms with E-state index in [2.05, 4.69) is 36.4 Å². The van der Waals surface area contributed by atoms with E-state index in [-0.39, 0.29) is 22.1 Å². The van der Waals surface area contributed by atoms with Crippen molar-refractivity contribution >= 4 is 28.5 Å². The number of likely N-dealkylation sites (tertiary alicyclic amines) is 1. The van der Waals surface area contributed by atoms with Crippen molar-refractivity contribution in [1.82, 2.24) is 4.90 Å². The van der Waals surface area contributed by atoms with Gasteiger partial charge in [0.1, 0.15) is 6.10 Å². The van der Waals surface area contributed by atoms with Crippen LogP contribution in [0.3, 0.4) is 0 Å². The third kappa shape index (κ3) is 1.66. The molecule has 2 rings (SSSR count). The van der Waals surface area contributed by atoms with Crippen LogP contribution >= 0.6 is 22.6 Å². The first-order valence-electron chi connectivity index (χ1n) is 5.14. The van der Waals surface area contributed by atoms with Crippen LogP contribution in [-0.2, 0) is 9.53 Å². The zero-order valence-corrected chi connectivity index (χ0v) is 10.9. The van der Waals surface area contributed by atoms with Gasteiger partial charge >= 0.3 is 0 Å². The molecule has 14 heavy (non-hydrogen) atoms. The number of carbonyl (C=O) groups is 1. The molecule has 0 aromatic heterocycles. The van der Waals surface area contributed by atoms with Gasteiger partial charge < -0.3 is 9.64 Å². The number of rotatable bonds is 2. The second kappa shape index (κ2) is 3.63. The molecule has 0 aliphatic carbocycles.